The zero-order valence-corrected chi connectivity index (χ0v) is 23.2. The molecule has 1 heterocycles. The molecule has 1 fully saturated rings. The molecule has 0 unspecified atom stereocenters. The third-order valence-corrected chi connectivity index (χ3v) is 7.10. The van der Waals surface area contributed by atoms with Crippen molar-refractivity contribution in [1.82, 2.24) is 4.90 Å². The van der Waals surface area contributed by atoms with Crippen LogP contribution >= 0.6 is 34.4 Å². The summed E-state index contributed by atoms with van der Waals surface area (Å²) in [6, 6.07) is 17.1. The number of thioether (sulfide) groups is 1. The average molecular weight is 633 g/mol. The van der Waals surface area contributed by atoms with E-state index < -0.39 is 5.97 Å². The van der Waals surface area contributed by atoms with Crippen molar-refractivity contribution in [3.63, 3.8) is 0 Å². The van der Waals surface area contributed by atoms with Crippen LogP contribution in [0.2, 0.25) is 0 Å². The topological polar surface area (TPSA) is 91.4 Å². The summed E-state index contributed by atoms with van der Waals surface area (Å²) in [6.07, 6.45) is 1.64. The Morgan fingerprint density at radius 3 is 2.59 bits per heavy atom. The third kappa shape index (κ3) is 6.37. The Morgan fingerprint density at radius 1 is 1.03 bits per heavy atom. The molecule has 3 aromatic carbocycles. The molecule has 1 aliphatic rings. The molecule has 192 valence electrons. The molecule has 3 aromatic rings. The highest BCUT2D eigenvalue weighted by molar-refractivity contribution is 14.1. The Morgan fingerprint density at radius 2 is 1.81 bits per heavy atom. The molecule has 1 saturated heterocycles. The standard InChI is InChI=1S/C27H24INO7S/c1-3-34-22-14-17(13-20(28)25(22)36-16-24(30)33-2)15-23-26(31)29(27(32)37-23)11-12-35-21-10-6-8-18-7-4-5-9-19(18)21/h4-10,13-15H,3,11-12,16H2,1-2H3/b23-15-. The van der Waals surface area contributed by atoms with Gasteiger partial charge in [0.25, 0.3) is 11.1 Å². The number of amides is 2. The SMILES string of the molecule is CCOc1cc(/C=C2\SC(=O)N(CCOc3cccc4ccccc34)C2=O)cc(I)c1OCC(=O)OC. The molecular weight excluding hydrogens is 609 g/mol. The van der Waals surface area contributed by atoms with E-state index in [-0.39, 0.29) is 30.9 Å². The molecule has 0 saturated carbocycles. The molecular formula is C27H24INO7S. The second-order valence-electron chi connectivity index (χ2n) is 7.79. The van der Waals surface area contributed by atoms with Gasteiger partial charge in [0.2, 0.25) is 0 Å². The number of halogens is 1. The Labute approximate surface area is 232 Å². The summed E-state index contributed by atoms with van der Waals surface area (Å²) >= 11 is 2.95. The van der Waals surface area contributed by atoms with Crippen LogP contribution in [-0.2, 0) is 14.3 Å². The Kier molecular flexibility index (Phi) is 8.93. The number of fused-ring (bicyclic) bond motifs is 1. The van der Waals surface area contributed by atoms with E-state index in [9.17, 15) is 14.4 Å². The third-order valence-electron chi connectivity index (χ3n) is 5.39. The van der Waals surface area contributed by atoms with Gasteiger partial charge in [0.05, 0.1) is 28.7 Å². The lowest BCUT2D eigenvalue weighted by molar-refractivity contribution is -0.143. The monoisotopic (exact) mass is 633 g/mol. The van der Waals surface area contributed by atoms with Crippen molar-refractivity contribution in [1.29, 1.82) is 0 Å². The number of hydrogen-bond acceptors (Lipinski definition) is 8. The second kappa shape index (κ2) is 12.3. The molecule has 0 spiro atoms. The van der Waals surface area contributed by atoms with Crippen molar-refractivity contribution in [3.8, 4) is 17.2 Å². The van der Waals surface area contributed by atoms with E-state index in [0.29, 0.717) is 37.9 Å². The largest absolute Gasteiger partial charge is 0.491 e. The average Bonchev–Trinajstić information content (AvgIpc) is 3.15. The molecule has 0 aliphatic carbocycles. The van der Waals surface area contributed by atoms with Crippen LogP contribution in [0.25, 0.3) is 16.8 Å². The summed E-state index contributed by atoms with van der Waals surface area (Å²) in [4.78, 5) is 38.6. The van der Waals surface area contributed by atoms with Gasteiger partial charge in [-0.3, -0.25) is 14.5 Å². The van der Waals surface area contributed by atoms with Gasteiger partial charge in [-0.05, 0) is 76.5 Å². The van der Waals surface area contributed by atoms with Crippen LogP contribution in [0.4, 0.5) is 4.79 Å². The van der Waals surface area contributed by atoms with E-state index in [1.165, 1.54) is 12.0 Å². The van der Waals surface area contributed by atoms with Crippen LogP contribution in [0.15, 0.2) is 59.5 Å². The number of imide groups is 1. The number of rotatable bonds is 10. The lowest BCUT2D eigenvalue weighted by Gasteiger charge is -2.15. The number of hydrogen-bond donors (Lipinski definition) is 0. The summed E-state index contributed by atoms with van der Waals surface area (Å²) in [5, 5.41) is 1.67. The molecule has 0 N–H and O–H groups in total. The summed E-state index contributed by atoms with van der Waals surface area (Å²) in [5.41, 5.74) is 0.663. The van der Waals surface area contributed by atoms with Crippen LogP contribution in [0.5, 0.6) is 17.2 Å². The minimum absolute atomic E-state index is 0.132. The predicted octanol–water partition coefficient (Wildman–Crippen LogP) is 5.51. The highest BCUT2D eigenvalue weighted by Crippen LogP contribution is 2.37. The number of ether oxygens (including phenoxy) is 4. The summed E-state index contributed by atoms with van der Waals surface area (Å²) in [5.74, 6) is 0.639. The molecule has 0 radical (unpaired) electrons. The van der Waals surface area contributed by atoms with Gasteiger partial charge >= 0.3 is 5.97 Å². The fraction of sp³-hybridized carbons (Fsp3) is 0.222. The highest BCUT2D eigenvalue weighted by Gasteiger charge is 2.35. The zero-order valence-electron chi connectivity index (χ0n) is 20.2. The lowest BCUT2D eigenvalue weighted by atomic mass is 10.1. The van der Waals surface area contributed by atoms with E-state index in [1.807, 2.05) is 49.4 Å². The molecule has 2 amide bonds. The molecule has 0 bridgehead atoms. The minimum atomic E-state index is -0.513. The molecule has 8 nitrogen and oxygen atoms in total. The van der Waals surface area contributed by atoms with Crippen molar-refractivity contribution in [2.75, 3.05) is 33.5 Å². The van der Waals surface area contributed by atoms with E-state index in [2.05, 4.69) is 27.3 Å². The number of benzene rings is 3. The fourth-order valence-corrected chi connectivity index (χ4v) is 5.32. The van der Waals surface area contributed by atoms with Crippen LogP contribution < -0.4 is 14.2 Å². The van der Waals surface area contributed by atoms with Gasteiger partial charge in [0.1, 0.15) is 12.4 Å². The Bertz CT molecular complexity index is 1370. The maximum atomic E-state index is 13.0. The van der Waals surface area contributed by atoms with Crippen molar-refractivity contribution in [3.05, 3.63) is 68.6 Å². The highest BCUT2D eigenvalue weighted by atomic mass is 127. The van der Waals surface area contributed by atoms with Gasteiger partial charge in [-0.1, -0.05) is 36.4 Å². The quantitative estimate of drug-likeness (QED) is 0.164. The second-order valence-corrected chi connectivity index (χ2v) is 9.94. The Hall–Kier alpha value is -3.25. The van der Waals surface area contributed by atoms with Crippen molar-refractivity contribution >= 4 is 68.3 Å². The lowest BCUT2D eigenvalue weighted by Crippen LogP contribution is -2.32. The van der Waals surface area contributed by atoms with Gasteiger partial charge in [0.15, 0.2) is 18.1 Å². The summed E-state index contributed by atoms with van der Waals surface area (Å²) < 4.78 is 22.5. The van der Waals surface area contributed by atoms with Crippen LogP contribution in [0.3, 0.4) is 0 Å². The molecule has 10 heteroatoms. The molecule has 0 aromatic heterocycles. The smallest absolute Gasteiger partial charge is 0.343 e. The first-order chi connectivity index (χ1) is 17.9. The number of carbonyl (C=O) groups is 3. The zero-order chi connectivity index (χ0) is 26.4. The molecule has 1 aliphatic heterocycles. The number of carbonyl (C=O) groups excluding carboxylic acids is 3. The van der Waals surface area contributed by atoms with E-state index in [0.717, 1.165) is 22.5 Å². The van der Waals surface area contributed by atoms with Gasteiger partial charge in [-0.25, -0.2) is 4.79 Å². The molecule has 0 atom stereocenters. The number of methoxy groups -OCH3 is 1. The van der Waals surface area contributed by atoms with E-state index in [1.54, 1.807) is 18.2 Å². The maximum Gasteiger partial charge on any atom is 0.343 e. The van der Waals surface area contributed by atoms with Gasteiger partial charge in [-0.2, -0.15) is 0 Å². The Balaban J connectivity index is 1.46. The normalized spacial score (nSPS) is 14.4. The van der Waals surface area contributed by atoms with Gasteiger partial charge < -0.3 is 18.9 Å². The molecule has 37 heavy (non-hydrogen) atoms. The van der Waals surface area contributed by atoms with Gasteiger partial charge in [0, 0.05) is 5.39 Å². The van der Waals surface area contributed by atoms with Crippen molar-refractivity contribution in [2.24, 2.45) is 0 Å². The first-order valence-corrected chi connectivity index (χ1v) is 13.3. The maximum absolute atomic E-state index is 13.0. The van der Waals surface area contributed by atoms with Crippen LogP contribution in [0.1, 0.15) is 12.5 Å². The van der Waals surface area contributed by atoms with Crippen molar-refractivity contribution in [2.45, 2.75) is 6.92 Å². The summed E-state index contributed by atoms with van der Waals surface area (Å²) in [7, 11) is 1.28. The summed E-state index contributed by atoms with van der Waals surface area (Å²) in [6.45, 7) is 2.26. The fourth-order valence-electron chi connectivity index (χ4n) is 3.68. The number of esters is 1. The van der Waals surface area contributed by atoms with Crippen LogP contribution in [-0.4, -0.2) is 55.5 Å². The first-order valence-electron chi connectivity index (χ1n) is 11.4. The van der Waals surface area contributed by atoms with Gasteiger partial charge in [-0.15, -0.1) is 0 Å². The van der Waals surface area contributed by atoms with E-state index >= 15 is 0 Å². The number of nitrogens with zero attached hydrogens (tertiary/aromatic N) is 1. The minimum Gasteiger partial charge on any atom is -0.491 e. The van der Waals surface area contributed by atoms with Crippen LogP contribution in [0, 0.1) is 3.57 Å². The van der Waals surface area contributed by atoms with E-state index in [4.69, 9.17) is 14.2 Å². The molecule has 4 rings (SSSR count). The predicted molar refractivity (Wildman–Crippen MR) is 150 cm³/mol. The first kappa shape index (κ1) is 26.8. The van der Waals surface area contributed by atoms with Crippen molar-refractivity contribution < 1.29 is 33.3 Å².